The maximum Gasteiger partial charge on any atom is 0.265 e. The largest absolute Gasteiger partial charge is 0.389 e. The third-order valence-corrected chi connectivity index (χ3v) is 6.81. The number of benzene rings is 1. The first-order valence-electron chi connectivity index (χ1n) is 5.88. The summed E-state index contributed by atoms with van der Waals surface area (Å²) in [6.45, 7) is 1.78. The molecule has 0 atom stereocenters. The molecule has 2 rings (SSSR count). The standard InChI is InChI=1S/C13H13BrN2O2S3/c1-8-11(7-12(14)20-8)21(17,18)16(2)10-5-3-4-9(6-10)13(15)19/h3-7H,1-2H3,(H2,15,19). The number of thiocarbonyl (C=S) groups is 1. The van der Waals surface area contributed by atoms with Crippen molar-refractivity contribution in [3.63, 3.8) is 0 Å². The average molecular weight is 405 g/mol. The quantitative estimate of drug-likeness (QED) is 0.793. The molecular weight excluding hydrogens is 392 g/mol. The molecule has 0 aliphatic carbocycles. The van der Waals surface area contributed by atoms with Crippen LogP contribution in [-0.4, -0.2) is 20.5 Å². The fourth-order valence-corrected chi connectivity index (χ4v) is 5.52. The predicted octanol–water partition coefficient (Wildman–Crippen LogP) is 3.28. The molecule has 0 fully saturated rings. The van der Waals surface area contributed by atoms with E-state index in [2.05, 4.69) is 15.9 Å². The van der Waals surface area contributed by atoms with Gasteiger partial charge in [0.2, 0.25) is 0 Å². The van der Waals surface area contributed by atoms with Crippen LogP contribution in [0.5, 0.6) is 0 Å². The molecule has 8 heteroatoms. The first-order chi connectivity index (χ1) is 9.73. The van der Waals surface area contributed by atoms with Crippen LogP contribution in [-0.2, 0) is 10.0 Å². The Morgan fingerprint density at radius 2 is 2.05 bits per heavy atom. The van der Waals surface area contributed by atoms with Gasteiger partial charge in [-0.3, -0.25) is 4.31 Å². The molecule has 1 aromatic heterocycles. The highest BCUT2D eigenvalue weighted by molar-refractivity contribution is 9.11. The maximum absolute atomic E-state index is 12.7. The van der Waals surface area contributed by atoms with E-state index >= 15 is 0 Å². The Hall–Kier alpha value is -0.960. The van der Waals surface area contributed by atoms with E-state index in [0.29, 0.717) is 16.1 Å². The number of nitrogens with zero attached hydrogens (tertiary/aromatic N) is 1. The summed E-state index contributed by atoms with van der Waals surface area (Å²) in [5.74, 6) is 0. The van der Waals surface area contributed by atoms with Gasteiger partial charge in [-0.1, -0.05) is 24.4 Å². The number of halogens is 1. The van der Waals surface area contributed by atoms with Crippen LogP contribution in [0.4, 0.5) is 5.69 Å². The Morgan fingerprint density at radius 1 is 1.38 bits per heavy atom. The van der Waals surface area contributed by atoms with E-state index in [4.69, 9.17) is 18.0 Å². The molecule has 0 aliphatic rings. The lowest BCUT2D eigenvalue weighted by molar-refractivity contribution is 0.594. The minimum absolute atomic E-state index is 0.233. The van der Waals surface area contributed by atoms with Crippen molar-refractivity contribution in [1.82, 2.24) is 0 Å². The van der Waals surface area contributed by atoms with Crippen LogP contribution in [0.1, 0.15) is 10.4 Å². The molecule has 0 bridgehead atoms. The summed E-state index contributed by atoms with van der Waals surface area (Å²) in [5, 5.41) is 0. The van der Waals surface area contributed by atoms with E-state index in [1.54, 1.807) is 37.3 Å². The molecule has 2 aromatic rings. The fourth-order valence-electron chi connectivity index (χ4n) is 1.83. The number of thiophene rings is 1. The number of hydrogen-bond donors (Lipinski definition) is 1. The van der Waals surface area contributed by atoms with E-state index in [0.717, 1.165) is 8.66 Å². The minimum Gasteiger partial charge on any atom is -0.389 e. The highest BCUT2D eigenvalue weighted by atomic mass is 79.9. The lowest BCUT2D eigenvalue weighted by Gasteiger charge is -2.20. The van der Waals surface area contributed by atoms with E-state index in [1.165, 1.54) is 22.7 Å². The van der Waals surface area contributed by atoms with Gasteiger partial charge in [0.25, 0.3) is 10.0 Å². The summed E-state index contributed by atoms with van der Waals surface area (Å²) in [5.41, 5.74) is 6.74. The summed E-state index contributed by atoms with van der Waals surface area (Å²) in [7, 11) is -2.10. The van der Waals surface area contributed by atoms with Crippen molar-refractivity contribution in [3.05, 3.63) is 44.6 Å². The Kier molecular flexibility index (Phi) is 4.72. The first-order valence-corrected chi connectivity index (χ1v) is 9.34. The van der Waals surface area contributed by atoms with Gasteiger partial charge in [0.15, 0.2) is 0 Å². The summed E-state index contributed by atoms with van der Waals surface area (Å²) in [6.07, 6.45) is 0. The predicted molar refractivity (Wildman–Crippen MR) is 94.7 cm³/mol. The van der Waals surface area contributed by atoms with Gasteiger partial charge in [-0.25, -0.2) is 8.42 Å². The van der Waals surface area contributed by atoms with Gasteiger partial charge >= 0.3 is 0 Å². The van der Waals surface area contributed by atoms with Gasteiger partial charge in [0.1, 0.15) is 9.88 Å². The normalized spacial score (nSPS) is 11.4. The lowest BCUT2D eigenvalue weighted by atomic mass is 10.2. The Bertz CT molecular complexity index is 799. The number of rotatable bonds is 4. The van der Waals surface area contributed by atoms with Crippen molar-refractivity contribution in [2.24, 2.45) is 5.73 Å². The molecule has 0 saturated heterocycles. The lowest BCUT2D eigenvalue weighted by Crippen LogP contribution is -2.27. The molecule has 0 saturated carbocycles. The van der Waals surface area contributed by atoms with Crippen LogP contribution in [0.15, 0.2) is 39.0 Å². The summed E-state index contributed by atoms with van der Waals surface area (Å²) >= 11 is 9.62. The molecule has 21 heavy (non-hydrogen) atoms. The fraction of sp³-hybridized carbons (Fsp3) is 0.154. The molecule has 0 unspecified atom stereocenters. The summed E-state index contributed by atoms with van der Waals surface area (Å²) in [4.78, 5) is 1.26. The third kappa shape index (κ3) is 3.28. The van der Waals surface area contributed by atoms with E-state index in [1.807, 2.05) is 0 Å². The molecule has 1 heterocycles. The molecule has 1 aromatic carbocycles. The number of sulfonamides is 1. The van der Waals surface area contributed by atoms with Crippen LogP contribution in [0.3, 0.4) is 0 Å². The Morgan fingerprint density at radius 3 is 2.57 bits per heavy atom. The number of anilines is 1. The SMILES string of the molecule is Cc1sc(Br)cc1S(=O)(=O)N(C)c1cccc(C(N)=S)c1. The Labute approximate surface area is 141 Å². The minimum atomic E-state index is -3.61. The van der Waals surface area contributed by atoms with Gasteiger partial charge in [-0.15, -0.1) is 11.3 Å². The van der Waals surface area contributed by atoms with Gasteiger partial charge in [-0.05, 0) is 41.1 Å². The topological polar surface area (TPSA) is 63.4 Å². The van der Waals surface area contributed by atoms with E-state index in [9.17, 15) is 8.42 Å². The molecule has 0 spiro atoms. The van der Waals surface area contributed by atoms with Crippen molar-refractivity contribution in [3.8, 4) is 0 Å². The molecule has 0 radical (unpaired) electrons. The van der Waals surface area contributed by atoms with E-state index < -0.39 is 10.0 Å². The summed E-state index contributed by atoms with van der Waals surface area (Å²) < 4.78 is 27.4. The second-order valence-electron chi connectivity index (χ2n) is 4.36. The molecule has 2 N–H and O–H groups in total. The second-order valence-corrected chi connectivity index (χ2v) is 9.37. The average Bonchev–Trinajstić information content (AvgIpc) is 2.77. The van der Waals surface area contributed by atoms with Gasteiger partial charge < -0.3 is 5.73 Å². The smallest absolute Gasteiger partial charge is 0.265 e. The van der Waals surface area contributed by atoms with Gasteiger partial charge in [-0.2, -0.15) is 0 Å². The van der Waals surface area contributed by atoms with Crippen molar-refractivity contribution in [2.45, 2.75) is 11.8 Å². The monoisotopic (exact) mass is 404 g/mol. The molecular formula is C13H13BrN2O2S3. The van der Waals surface area contributed by atoms with Gasteiger partial charge in [0.05, 0.1) is 9.47 Å². The van der Waals surface area contributed by atoms with Crippen molar-refractivity contribution in [2.75, 3.05) is 11.4 Å². The highest BCUT2D eigenvalue weighted by Gasteiger charge is 2.25. The number of nitrogens with two attached hydrogens (primary N) is 1. The summed E-state index contributed by atoms with van der Waals surface area (Å²) in [6, 6.07) is 8.46. The zero-order valence-corrected chi connectivity index (χ0v) is 15.4. The van der Waals surface area contributed by atoms with Crippen molar-refractivity contribution < 1.29 is 8.42 Å². The van der Waals surface area contributed by atoms with Crippen LogP contribution >= 0.6 is 39.5 Å². The molecule has 0 aliphatic heterocycles. The third-order valence-electron chi connectivity index (χ3n) is 2.97. The number of hydrogen-bond acceptors (Lipinski definition) is 4. The molecule has 4 nitrogen and oxygen atoms in total. The van der Waals surface area contributed by atoms with E-state index in [-0.39, 0.29) is 4.99 Å². The second kappa shape index (κ2) is 6.04. The van der Waals surface area contributed by atoms with Crippen LogP contribution in [0.25, 0.3) is 0 Å². The Balaban J connectivity index is 2.48. The number of aryl methyl sites for hydroxylation is 1. The van der Waals surface area contributed by atoms with Crippen molar-refractivity contribution >= 4 is 60.2 Å². The van der Waals surface area contributed by atoms with Crippen LogP contribution in [0, 0.1) is 6.92 Å². The highest BCUT2D eigenvalue weighted by Crippen LogP contribution is 2.32. The van der Waals surface area contributed by atoms with Gasteiger partial charge in [0, 0.05) is 17.5 Å². The zero-order chi connectivity index (χ0) is 15.8. The zero-order valence-electron chi connectivity index (χ0n) is 11.3. The molecule has 0 amide bonds. The maximum atomic E-state index is 12.7. The van der Waals surface area contributed by atoms with Crippen LogP contribution < -0.4 is 10.0 Å². The molecule has 112 valence electrons. The van der Waals surface area contributed by atoms with Crippen molar-refractivity contribution in [1.29, 1.82) is 0 Å². The van der Waals surface area contributed by atoms with Crippen LogP contribution in [0.2, 0.25) is 0 Å². The first kappa shape index (κ1) is 16.4.